The van der Waals surface area contributed by atoms with Crippen molar-refractivity contribution in [3.63, 3.8) is 0 Å². The van der Waals surface area contributed by atoms with Crippen molar-refractivity contribution in [1.29, 1.82) is 5.26 Å². The minimum atomic E-state index is 0.194. The second-order valence-electron chi connectivity index (χ2n) is 14.3. The first-order valence-electron chi connectivity index (χ1n) is 18.1. The van der Waals surface area contributed by atoms with Crippen LogP contribution in [0.5, 0.6) is 0 Å². The van der Waals surface area contributed by atoms with Gasteiger partial charge >= 0.3 is 0 Å². The summed E-state index contributed by atoms with van der Waals surface area (Å²) < 4.78 is 6.38. The number of furan rings is 1. The second kappa shape index (κ2) is 11.8. The van der Waals surface area contributed by atoms with Gasteiger partial charge in [-0.3, -0.25) is 0 Å². The van der Waals surface area contributed by atoms with Crippen LogP contribution in [0, 0.1) is 11.3 Å². The lowest BCUT2D eigenvalue weighted by Crippen LogP contribution is -2.27. The van der Waals surface area contributed by atoms with Crippen molar-refractivity contribution in [3.8, 4) is 39.7 Å². The third-order valence-corrected chi connectivity index (χ3v) is 11.5. The number of fused-ring (bicyclic) bond motifs is 8. The van der Waals surface area contributed by atoms with Gasteiger partial charge in [0.05, 0.1) is 11.6 Å². The fourth-order valence-corrected chi connectivity index (χ4v) is 8.92. The lowest BCUT2D eigenvalue weighted by molar-refractivity contribution is 0.353. The minimum Gasteiger partial charge on any atom is -0.452 e. The molecule has 244 valence electrons. The van der Waals surface area contributed by atoms with Crippen molar-refractivity contribution in [3.05, 3.63) is 155 Å². The maximum Gasteiger partial charge on any atom is 0.179 e. The first kappa shape index (κ1) is 29.8. The van der Waals surface area contributed by atoms with Crippen LogP contribution in [0.25, 0.3) is 66.9 Å². The predicted molar refractivity (Wildman–Crippen MR) is 206 cm³/mol. The van der Waals surface area contributed by atoms with Gasteiger partial charge in [0.1, 0.15) is 16.8 Å². The Morgan fingerprint density at radius 2 is 1.29 bits per heavy atom. The van der Waals surface area contributed by atoms with Gasteiger partial charge in [0.25, 0.3) is 0 Å². The largest absolute Gasteiger partial charge is 0.452 e. The van der Waals surface area contributed by atoms with Crippen molar-refractivity contribution in [2.45, 2.75) is 50.4 Å². The fraction of sp³-hybridized carbons (Fsp3) is 0.170. The van der Waals surface area contributed by atoms with E-state index in [0.717, 1.165) is 46.2 Å². The molecule has 2 aromatic heterocycles. The number of hydrogen-bond donors (Lipinski definition) is 0. The Hall–Kier alpha value is -6.05. The molecule has 51 heavy (non-hydrogen) atoms. The topological polar surface area (TPSA) is 62.7 Å². The Balaban J connectivity index is 0.978. The van der Waals surface area contributed by atoms with E-state index in [0.29, 0.717) is 17.0 Å². The van der Waals surface area contributed by atoms with E-state index in [1.165, 1.54) is 76.6 Å². The van der Waals surface area contributed by atoms with Crippen LogP contribution in [-0.4, -0.2) is 9.97 Å². The van der Waals surface area contributed by atoms with E-state index in [9.17, 15) is 5.26 Å². The lowest BCUT2D eigenvalue weighted by atomic mass is 9.68. The third kappa shape index (κ3) is 4.80. The molecule has 5 aromatic carbocycles. The quantitative estimate of drug-likeness (QED) is 0.189. The molecule has 3 aliphatic carbocycles. The van der Waals surface area contributed by atoms with Crippen LogP contribution >= 0.6 is 0 Å². The highest BCUT2D eigenvalue weighted by Gasteiger charge is 2.43. The molecular weight excluding hydrogens is 623 g/mol. The summed E-state index contributed by atoms with van der Waals surface area (Å²) in [6, 6.07) is 43.1. The number of nitriles is 1. The summed E-state index contributed by atoms with van der Waals surface area (Å²) in [4.78, 5) is 10.0. The highest BCUT2D eigenvalue weighted by Crippen LogP contribution is 2.56. The van der Waals surface area contributed by atoms with Crippen LogP contribution in [-0.2, 0) is 5.41 Å². The molecule has 0 atom stereocenters. The number of para-hydroxylation sites is 1. The highest BCUT2D eigenvalue weighted by atomic mass is 16.3. The van der Waals surface area contributed by atoms with Crippen LogP contribution < -0.4 is 0 Å². The summed E-state index contributed by atoms with van der Waals surface area (Å²) in [6.07, 6.45) is 12.7. The average molecular weight is 658 g/mol. The van der Waals surface area contributed by atoms with Gasteiger partial charge in [0.2, 0.25) is 0 Å². The number of hydrogen-bond acceptors (Lipinski definition) is 4. The summed E-state index contributed by atoms with van der Waals surface area (Å²) in [7, 11) is 0. The van der Waals surface area contributed by atoms with Crippen molar-refractivity contribution < 1.29 is 4.42 Å². The van der Waals surface area contributed by atoms with Gasteiger partial charge in [-0.05, 0) is 118 Å². The fourth-order valence-electron chi connectivity index (χ4n) is 8.92. The molecule has 7 aromatic rings. The van der Waals surface area contributed by atoms with Crippen LogP contribution in [0.2, 0.25) is 0 Å². The molecule has 4 heteroatoms. The SMILES string of the molecule is N#Cc1ccc(-c2nc(C3=CC=C(c4ccc(-c5ccc6c(c5)-c5ccccc5C65CCCCC5)cc4)CC3)c3oc4ccccc4c3n2)cc1. The number of nitrogens with zero attached hydrogens (tertiary/aromatic N) is 3. The summed E-state index contributed by atoms with van der Waals surface area (Å²) in [5.41, 5.74) is 17.0. The zero-order valence-corrected chi connectivity index (χ0v) is 28.3. The Kier molecular flexibility index (Phi) is 6.89. The molecule has 0 saturated heterocycles. The van der Waals surface area contributed by atoms with Gasteiger partial charge in [-0.15, -0.1) is 0 Å². The van der Waals surface area contributed by atoms with E-state index in [1.54, 1.807) is 0 Å². The predicted octanol–water partition coefficient (Wildman–Crippen LogP) is 12.1. The Morgan fingerprint density at radius 1 is 0.608 bits per heavy atom. The number of allylic oxidation sites excluding steroid dienone is 4. The molecule has 0 unspecified atom stereocenters. The Bertz CT molecular complexity index is 2610. The van der Waals surface area contributed by atoms with Crippen LogP contribution in [0.3, 0.4) is 0 Å². The Labute approximate surface area is 297 Å². The van der Waals surface area contributed by atoms with Gasteiger partial charge in [0.15, 0.2) is 11.4 Å². The van der Waals surface area contributed by atoms with Crippen molar-refractivity contribution in [1.82, 2.24) is 9.97 Å². The lowest BCUT2D eigenvalue weighted by Gasteiger charge is -2.36. The molecule has 4 nitrogen and oxygen atoms in total. The molecule has 0 aliphatic heterocycles. The molecule has 10 rings (SSSR count). The van der Waals surface area contributed by atoms with Gasteiger partial charge in [0, 0.05) is 16.4 Å². The van der Waals surface area contributed by atoms with E-state index >= 15 is 0 Å². The third-order valence-electron chi connectivity index (χ3n) is 11.5. The smallest absolute Gasteiger partial charge is 0.179 e. The zero-order valence-electron chi connectivity index (χ0n) is 28.3. The molecule has 0 bridgehead atoms. The summed E-state index contributed by atoms with van der Waals surface area (Å²) in [6.45, 7) is 0. The number of benzene rings is 5. The summed E-state index contributed by atoms with van der Waals surface area (Å²) in [5, 5.41) is 10.3. The first-order chi connectivity index (χ1) is 25.2. The minimum absolute atomic E-state index is 0.194. The molecule has 0 amide bonds. The first-order valence-corrected chi connectivity index (χ1v) is 18.1. The van der Waals surface area contributed by atoms with Crippen molar-refractivity contribution in [2.24, 2.45) is 0 Å². The number of aromatic nitrogens is 2. The van der Waals surface area contributed by atoms with Crippen molar-refractivity contribution >= 4 is 33.2 Å². The monoisotopic (exact) mass is 657 g/mol. The van der Waals surface area contributed by atoms with E-state index in [1.807, 2.05) is 48.5 Å². The average Bonchev–Trinajstić information content (AvgIpc) is 3.71. The van der Waals surface area contributed by atoms with Crippen LogP contribution in [0.1, 0.15) is 72.9 Å². The Morgan fingerprint density at radius 3 is 2.10 bits per heavy atom. The summed E-state index contributed by atoms with van der Waals surface area (Å²) in [5.74, 6) is 0.628. The van der Waals surface area contributed by atoms with E-state index in [2.05, 4.69) is 85.0 Å². The molecule has 0 radical (unpaired) electrons. The van der Waals surface area contributed by atoms with E-state index < -0.39 is 0 Å². The molecule has 3 aliphatic rings. The van der Waals surface area contributed by atoms with E-state index in [-0.39, 0.29) is 5.41 Å². The number of rotatable bonds is 4. The maximum atomic E-state index is 9.31. The van der Waals surface area contributed by atoms with Crippen LogP contribution in [0.15, 0.2) is 132 Å². The van der Waals surface area contributed by atoms with Gasteiger partial charge in [-0.1, -0.05) is 104 Å². The molecule has 0 N–H and O–H groups in total. The van der Waals surface area contributed by atoms with E-state index in [4.69, 9.17) is 14.4 Å². The van der Waals surface area contributed by atoms with Gasteiger partial charge < -0.3 is 4.42 Å². The summed E-state index contributed by atoms with van der Waals surface area (Å²) >= 11 is 0. The van der Waals surface area contributed by atoms with Gasteiger partial charge in [-0.2, -0.15) is 5.26 Å². The maximum absolute atomic E-state index is 9.31. The molecule has 1 saturated carbocycles. The zero-order chi connectivity index (χ0) is 33.9. The van der Waals surface area contributed by atoms with Crippen LogP contribution in [0.4, 0.5) is 0 Å². The standard InChI is InChI=1S/C47H35N3O/c48-29-30-12-14-35(15-13-30)46-49-43(45-44(50-46)38-9-3-5-11-42(38)51-45)34-22-20-32(21-23-34)31-16-18-33(19-17-31)36-24-25-41-39(28-36)37-8-2-4-10-40(37)47(41)26-6-1-7-27-47/h2-5,8-20,22,24-25,28H,1,6-7,21,23,26-27H2. The second-order valence-corrected chi connectivity index (χ2v) is 14.3. The molecule has 1 spiro atoms. The molecule has 2 heterocycles. The van der Waals surface area contributed by atoms with Crippen molar-refractivity contribution in [2.75, 3.05) is 0 Å². The normalized spacial score (nSPS) is 16.1. The van der Waals surface area contributed by atoms with Gasteiger partial charge in [-0.25, -0.2) is 9.97 Å². The molecule has 1 fully saturated rings. The highest BCUT2D eigenvalue weighted by molar-refractivity contribution is 6.06. The molecular formula is C47H35N3O.